The van der Waals surface area contributed by atoms with Crippen molar-refractivity contribution in [3.05, 3.63) is 95.2 Å². The lowest BCUT2D eigenvalue weighted by Crippen LogP contribution is -2.51. The number of hydrogen-bond donors (Lipinski definition) is 2. The van der Waals surface area contributed by atoms with Crippen molar-refractivity contribution in [2.75, 3.05) is 33.9 Å². The maximum Gasteiger partial charge on any atom is 0.307 e. The molecule has 0 bridgehead atoms. The summed E-state index contributed by atoms with van der Waals surface area (Å²) >= 11 is 0. The Bertz CT molecular complexity index is 1510. The number of fused-ring (bicyclic) bond motifs is 1. The normalized spacial score (nSPS) is 19.3. The minimum atomic E-state index is -1.00. The average Bonchev–Trinajstić information content (AvgIpc) is 3.08. The van der Waals surface area contributed by atoms with Crippen LogP contribution in [0.1, 0.15) is 65.1 Å². The number of pyridine rings is 1. The molecule has 2 atom stereocenters. The zero-order valence-corrected chi connectivity index (χ0v) is 26.6. The Labute approximate surface area is 270 Å². The lowest BCUT2D eigenvalue weighted by molar-refractivity contribution is -0.140. The summed E-state index contributed by atoms with van der Waals surface area (Å²) in [7, 11) is 2.80. The highest BCUT2D eigenvalue weighted by molar-refractivity contribution is 7.59. The molecule has 1 aromatic heterocycles. The van der Waals surface area contributed by atoms with Gasteiger partial charge in [0.05, 0.1) is 32.0 Å². The summed E-state index contributed by atoms with van der Waals surface area (Å²) in [5, 5.41) is 6.03. The standard InChI is InChI=1S/C34H38N4O6.H2S/c1-43-29(39)15-20-36-33(42)34(23-9-4-3-5-10-23)18-14-26(25-11-6-7-13-28(25)34)32(41)38-21-16-24(17-22-38)37-30(40)27-12-8-19-35-31(27)44-2;/h3-13,19,24,26H,14-18,20-22H2,1-2H3,(H,36,42)(H,37,40);1H2/t26-,34+;/m1./s1. The van der Waals surface area contributed by atoms with Gasteiger partial charge in [-0.25, -0.2) is 4.98 Å². The van der Waals surface area contributed by atoms with Gasteiger partial charge in [-0.2, -0.15) is 13.5 Å². The quantitative estimate of drug-likeness (QED) is 0.346. The van der Waals surface area contributed by atoms with Crippen molar-refractivity contribution in [3.8, 4) is 5.88 Å². The number of methoxy groups -OCH3 is 2. The third-order valence-corrected chi connectivity index (χ3v) is 8.75. The van der Waals surface area contributed by atoms with Crippen molar-refractivity contribution >= 4 is 37.2 Å². The minimum absolute atomic E-state index is 0. The number of rotatable bonds is 9. The number of ether oxygens (including phenoxy) is 2. The fourth-order valence-electron chi connectivity index (χ4n) is 6.47. The molecule has 0 unspecified atom stereocenters. The Hall–Kier alpha value is -4.38. The second-order valence-corrected chi connectivity index (χ2v) is 11.2. The van der Waals surface area contributed by atoms with Gasteiger partial charge in [0.15, 0.2) is 0 Å². The topological polar surface area (TPSA) is 127 Å². The van der Waals surface area contributed by atoms with Crippen LogP contribution in [0.4, 0.5) is 0 Å². The van der Waals surface area contributed by atoms with Gasteiger partial charge in [0.25, 0.3) is 5.91 Å². The van der Waals surface area contributed by atoms with Crippen molar-refractivity contribution in [2.45, 2.75) is 49.5 Å². The average molecular weight is 633 g/mol. The molecule has 3 aromatic rings. The van der Waals surface area contributed by atoms with E-state index >= 15 is 0 Å². The number of hydrogen-bond acceptors (Lipinski definition) is 7. The zero-order valence-electron chi connectivity index (χ0n) is 25.6. The summed E-state index contributed by atoms with van der Waals surface area (Å²) in [6.07, 6.45) is 3.84. The predicted octanol–water partition coefficient (Wildman–Crippen LogP) is 3.47. The van der Waals surface area contributed by atoms with E-state index in [4.69, 9.17) is 9.47 Å². The van der Waals surface area contributed by atoms with Gasteiger partial charge in [-0.15, -0.1) is 0 Å². The second-order valence-electron chi connectivity index (χ2n) is 11.2. The number of aromatic nitrogens is 1. The molecule has 10 nitrogen and oxygen atoms in total. The number of carbonyl (C=O) groups is 4. The summed E-state index contributed by atoms with van der Waals surface area (Å²) in [4.78, 5) is 58.6. The largest absolute Gasteiger partial charge is 0.480 e. The molecule has 11 heteroatoms. The van der Waals surface area contributed by atoms with Gasteiger partial charge in [0, 0.05) is 31.9 Å². The molecule has 1 aliphatic carbocycles. The maximum atomic E-state index is 14.0. The van der Waals surface area contributed by atoms with E-state index in [1.807, 2.05) is 59.5 Å². The Balaban J connectivity index is 0.00000461. The van der Waals surface area contributed by atoms with Crippen molar-refractivity contribution in [1.82, 2.24) is 20.5 Å². The van der Waals surface area contributed by atoms with Crippen LogP contribution in [-0.4, -0.2) is 73.5 Å². The molecule has 2 heterocycles. The van der Waals surface area contributed by atoms with E-state index in [1.165, 1.54) is 14.2 Å². The number of esters is 1. The van der Waals surface area contributed by atoms with E-state index in [2.05, 4.69) is 15.6 Å². The van der Waals surface area contributed by atoms with Crippen LogP contribution in [0.5, 0.6) is 5.88 Å². The molecule has 0 radical (unpaired) electrons. The molecule has 1 fully saturated rings. The summed E-state index contributed by atoms with van der Waals surface area (Å²) in [5.41, 5.74) is 1.86. The fourth-order valence-corrected chi connectivity index (χ4v) is 6.47. The molecule has 1 aliphatic heterocycles. The van der Waals surface area contributed by atoms with Gasteiger partial charge in [0.1, 0.15) is 5.56 Å². The minimum Gasteiger partial charge on any atom is -0.480 e. The monoisotopic (exact) mass is 632 g/mol. The number of piperidine rings is 1. The Morgan fingerprint density at radius 2 is 1.64 bits per heavy atom. The predicted molar refractivity (Wildman–Crippen MR) is 174 cm³/mol. The lowest BCUT2D eigenvalue weighted by atomic mass is 9.62. The van der Waals surface area contributed by atoms with Crippen LogP contribution < -0.4 is 15.4 Å². The van der Waals surface area contributed by atoms with Gasteiger partial charge in [-0.05, 0) is 54.5 Å². The first-order valence-electron chi connectivity index (χ1n) is 15.0. The number of nitrogens with zero attached hydrogens (tertiary/aromatic N) is 2. The lowest BCUT2D eigenvalue weighted by Gasteiger charge is -2.42. The highest BCUT2D eigenvalue weighted by Crippen LogP contribution is 2.48. The van der Waals surface area contributed by atoms with E-state index < -0.39 is 17.3 Å². The third kappa shape index (κ3) is 6.98. The first kappa shape index (κ1) is 33.5. The second kappa shape index (κ2) is 15.1. The third-order valence-electron chi connectivity index (χ3n) is 8.75. The van der Waals surface area contributed by atoms with Crippen molar-refractivity contribution in [1.29, 1.82) is 0 Å². The fraction of sp³-hybridized carbons (Fsp3) is 0.382. The summed E-state index contributed by atoms with van der Waals surface area (Å²) in [6, 6.07) is 20.6. The maximum absolute atomic E-state index is 14.0. The van der Waals surface area contributed by atoms with E-state index in [0.29, 0.717) is 44.3 Å². The van der Waals surface area contributed by atoms with Crippen LogP contribution in [0, 0.1) is 0 Å². The van der Waals surface area contributed by atoms with Crippen LogP contribution in [-0.2, 0) is 24.5 Å². The Morgan fingerprint density at radius 3 is 2.36 bits per heavy atom. The highest BCUT2D eigenvalue weighted by Gasteiger charge is 2.48. The summed E-state index contributed by atoms with van der Waals surface area (Å²) < 4.78 is 9.96. The van der Waals surface area contributed by atoms with E-state index in [9.17, 15) is 19.2 Å². The van der Waals surface area contributed by atoms with Crippen molar-refractivity contribution < 1.29 is 28.7 Å². The molecule has 0 spiro atoms. The first-order chi connectivity index (χ1) is 21.4. The molecule has 2 aromatic carbocycles. The number of likely N-dealkylation sites (tertiary alicyclic amines) is 1. The summed E-state index contributed by atoms with van der Waals surface area (Å²) in [5.74, 6) is -0.928. The van der Waals surface area contributed by atoms with Gasteiger partial charge in [0.2, 0.25) is 17.7 Å². The Morgan fingerprint density at radius 1 is 0.933 bits per heavy atom. The number of nitrogens with one attached hydrogen (secondary N) is 2. The number of carbonyl (C=O) groups excluding carboxylic acids is 4. The molecule has 3 amide bonds. The van der Waals surface area contributed by atoms with Crippen molar-refractivity contribution in [3.63, 3.8) is 0 Å². The molecule has 2 N–H and O–H groups in total. The van der Waals surface area contributed by atoms with E-state index in [1.54, 1.807) is 18.3 Å². The smallest absolute Gasteiger partial charge is 0.307 e. The van der Waals surface area contributed by atoms with Crippen LogP contribution in [0.25, 0.3) is 0 Å². The molecule has 238 valence electrons. The first-order valence-corrected chi connectivity index (χ1v) is 15.0. The molecule has 0 saturated carbocycles. The zero-order chi connectivity index (χ0) is 31.1. The summed E-state index contributed by atoms with van der Waals surface area (Å²) in [6.45, 7) is 1.19. The molecular formula is C34H40N4O6S. The molecule has 1 saturated heterocycles. The van der Waals surface area contributed by atoms with Crippen LogP contribution in [0.3, 0.4) is 0 Å². The number of amides is 3. The van der Waals surface area contributed by atoms with E-state index in [0.717, 1.165) is 16.7 Å². The van der Waals surface area contributed by atoms with Crippen molar-refractivity contribution in [2.24, 2.45) is 0 Å². The van der Waals surface area contributed by atoms with Gasteiger partial charge < -0.3 is 25.0 Å². The molecule has 45 heavy (non-hydrogen) atoms. The molecule has 5 rings (SSSR count). The number of benzene rings is 2. The highest BCUT2D eigenvalue weighted by atomic mass is 32.1. The SMILES string of the molecule is COC(=O)CCNC(=O)[C@]1(c2ccccc2)CC[C@@H](C(=O)N2CCC(NC(=O)c3cccnc3OC)CC2)c2ccccc21.S. The van der Waals surface area contributed by atoms with Crippen LogP contribution in [0.15, 0.2) is 72.9 Å². The van der Waals surface area contributed by atoms with Gasteiger partial charge in [-0.1, -0.05) is 54.6 Å². The van der Waals surface area contributed by atoms with Crippen LogP contribution in [0.2, 0.25) is 0 Å². The molecule has 2 aliphatic rings. The molecular weight excluding hydrogens is 592 g/mol. The van der Waals surface area contributed by atoms with Gasteiger partial charge in [-0.3, -0.25) is 19.2 Å². The Kier molecular flexibility index (Phi) is 11.2. The van der Waals surface area contributed by atoms with Gasteiger partial charge >= 0.3 is 5.97 Å². The van der Waals surface area contributed by atoms with Crippen LogP contribution >= 0.6 is 13.5 Å². The van der Waals surface area contributed by atoms with E-state index in [-0.39, 0.29) is 56.1 Å².